The van der Waals surface area contributed by atoms with Crippen LogP contribution in [0.25, 0.3) is 0 Å². The van der Waals surface area contributed by atoms with Gasteiger partial charge in [-0.25, -0.2) is 0 Å². The first-order valence-electron chi connectivity index (χ1n) is 15.2. The van der Waals surface area contributed by atoms with Gasteiger partial charge in [0.1, 0.15) is 6.71 Å². The molecule has 0 aromatic carbocycles. The van der Waals surface area contributed by atoms with Crippen molar-refractivity contribution in [3.8, 4) is 0 Å². The standard InChI is InChI=1S/C28H48BN3O/c1-2-6-19(7-3-1)29-24-11-14-30-16-22(24)28(23-17-31-15-12-25(23)29)20-8-4-5-9-26(20)33-27-18-32-13-10-21(27)28/h19-27,30-32H,1-18H2. The van der Waals surface area contributed by atoms with Gasteiger partial charge in [-0.2, -0.15) is 0 Å². The maximum atomic E-state index is 7.02. The summed E-state index contributed by atoms with van der Waals surface area (Å²) in [5.74, 6) is 6.36. The number of fused-ring (bicyclic) bond motifs is 8. The number of hydrogen-bond acceptors (Lipinski definition) is 4. The minimum atomic E-state index is 0.467. The molecule has 0 bridgehead atoms. The van der Waals surface area contributed by atoms with E-state index < -0.39 is 0 Å². The van der Waals surface area contributed by atoms with Crippen molar-refractivity contribution in [2.45, 2.75) is 107 Å². The highest BCUT2D eigenvalue weighted by molar-refractivity contribution is 6.64. The predicted octanol–water partition coefficient (Wildman–Crippen LogP) is 4.34. The zero-order chi connectivity index (χ0) is 21.8. The Morgan fingerprint density at radius 2 is 1.15 bits per heavy atom. The Bertz CT molecular complexity index is 651. The third kappa shape index (κ3) is 3.38. The zero-order valence-electron chi connectivity index (χ0n) is 20.9. The first-order chi connectivity index (χ1) is 16.4. The van der Waals surface area contributed by atoms with Crippen LogP contribution in [0.1, 0.15) is 77.0 Å². The Morgan fingerprint density at radius 1 is 0.545 bits per heavy atom. The minimum Gasteiger partial charge on any atom is -0.373 e. The van der Waals surface area contributed by atoms with Crippen molar-refractivity contribution in [1.29, 1.82) is 0 Å². The molecule has 4 nitrogen and oxygen atoms in total. The molecular weight excluding hydrogens is 405 g/mol. The smallest absolute Gasteiger partial charge is 0.150 e. The molecule has 8 atom stereocenters. The molecule has 5 saturated heterocycles. The Labute approximate surface area is 202 Å². The molecule has 5 heterocycles. The van der Waals surface area contributed by atoms with E-state index in [9.17, 15) is 0 Å². The molecule has 2 aliphatic carbocycles. The number of rotatable bonds is 1. The fourth-order valence-electron chi connectivity index (χ4n) is 11.6. The highest BCUT2D eigenvalue weighted by atomic mass is 16.5. The van der Waals surface area contributed by atoms with Crippen LogP contribution >= 0.6 is 0 Å². The average Bonchev–Trinajstić information content (AvgIpc) is 2.89. The molecule has 7 fully saturated rings. The minimum absolute atomic E-state index is 0.467. The van der Waals surface area contributed by atoms with Crippen LogP contribution in [0.4, 0.5) is 0 Å². The van der Waals surface area contributed by atoms with Crippen LogP contribution in [0.15, 0.2) is 0 Å². The number of piperidine rings is 3. The highest BCUT2D eigenvalue weighted by Crippen LogP contribution is 2.70. The summed E-state index contributed by atoms with van der Waals surface area (Å²) in [6.07, 6.45) is 18.5. The van der Waals surface area contributed by atoms with Gasteiger partial charge in [-0.3, -0.25) is 0 Å². The molecule has 5 aliphatic heterocycles. The molecule has 7 rings (SSSR count). The van der Waals surface area contributed by atoms with Crippen LogP contribution in [0, 0.1) is 29.1 Å². The van der Waals surface area contributed by atoms with Gasteiger partial charge in [0.15, 0.2) is 0 Å². The van der Waals surface area contributed by atoms with E-state index in [4.69, 9.17) is 4.74 Å². The summed E-state index contributed by atoms with van der Waals surface area (Å²) in [5.41, 5.74) is 0.511. The van der Waals surface area contributed by atoms with E-state index in [1.165, 1.54) is 110 Å². The molecule has 33 heavy (non-hydrogen) atoms. The topological polar surface area (TPSA) is 45.3 Å². The fourth-order valence-corrected chi connectivity index (χ4v) is 11.6. The molecular formula is C28H48BN3O. The van der Waals surface area contributed by atoms with E-state index in [-0.39, 0.29) is 0 Å². The summed E-state index contributed by atoms with van der Waals surface area (Å²) in [5, 5.41) is 11.7. The van der Waals surface area contributed by atoms with Crippen LogP contribution in [0.2, 0.25) is 17.5 Å². The molecule has 7 aliphatic rings. The van der Waals surface area contributed by atoms with Crippen molar-refractivity contribution < 1.29 is 4.74 Å². The van der Waals surface area contributed by atoms with Gasteiger partial charge in [0.2, 0.25) is 0 Å². The largest absolute Gasteiger partial charge is 0.373 e. The lowest BCUT2D eigenvalue weighted by molar-refractivity contribution is -0.250. The summed E-state index contributed by atoms with van der Waals surface area (Å²) in [6.45, 7) is 8.49. The second-order valence-electron chi connectivity index (χ2n) is 13.2. The third-order valence-electron chi connectivity index (χ3n) is 12.3. The van der Waals surface area contributed by atoms with Crippen LogP contribution in [-0.4, -0.2) is 58.2 Å². The Kier molecular flexibility index (Phi) is 6.09. The average molecular weight is 454 g/mol. The van der Waals surface area contributed by atoms with Gasteiger partial charge in [0, 0.05) is 6.54 Å². The van der Waals surface area contributed by atoms with Crippen molar-refractivity contribution in [2.75, 3.05) is 39.3 Å². The molecule has 0 aromatic heterocycles. The lowest BCUT2D eigenvalue weighted by Crippen LogP contribution is -2.73. The Balaban J connectivity index is 1.36. The lowest BCUT2D eigenvalue weighted by atomic mass is 9.16. The van der Waals surface area contributed by atoms with Crippen LogP contribution < -0.4 is 16.0 Å². The number of nitrogens with one attached hydrogen (secondary N) is 3. The molecule has 2 saturated carbocycles. The second kappa shape index (κ2) is 9.09. The van der Waals surface area contributed by atoms with E-state index in [0.717, 1.165) is 54.4 Å². The quantitative estimate of drug-likeness (QED) is 0.517. The summed E-state index contributed by atoms with van der Waals surface area (Å²) in [7, 11) is 0. The summed E-state index contributed by atoms with van der Waals surface area (Å²) in [6, 6.07) is 0. The zero-order valence-corrected chi connectivity index (χ0v) is 20.9. The van der Waals surface area contributed by atoms with Crippen molar-refractivity contribution in [1.82, 2.24) is 16.0 Å². The normalized spacial score (nSPS) is 50.7. The molecule has 0 amide bonds. The first kappa shape index (κ1) is 22.1. The monoisotopic (exact) mass is 453 g/mol. The van der Waals surface area contributed by atoms with E-state index in [1.807, 2.05) is 0 Å². The van der Waals surface area contributed by atoms with E-state index >= 15 is 0 Å². The molecule has 5 heteroatoms. The van der Waals surface area contributed by atoms with Crippen molar-refractivity contribution in [2.24, 2.45) is 29.1 Å². The van der Waals surface area contributed by atoms with Gasteiger partial charge in [0.05, 0.1) is 12.2 Å². The van der Waals surface area contributed by atoms with Gasteiger partial charge < -0.3 is 20.7 Å². The molecule has 0 aromatic rings. The van der Waals surface area contributed by atoms with Crippen molar-refractivity contribution >= 4 is 6.71 Å². The van der Waals surface area contributed by atoms with Crippen molar-refractivity contribution in [3.05, 3.63) is 0 Å². The maximum Gasteiger partial charge on any atom is 0.150 e. The van der Waals surface area contributed by atoms with Gasteiger partial charge >= 0.3 is 0 Å². The molecule has 0 radical (unpaired) electrons. The molecule has 184 valence electrons. The van der Waals surface area contributed by atoms with Gasteiger partial charge in [-0.05, 0) is 93.9 Å². The summed E-state index contributed by atoms with van der Waals surface area (Å²) < 4.78 is 7.02. The SMILES string of the molecule is C1CCC(B2C3CCNCC3C3(C4CCCCC4OC4CNCCC43)C3CNCCC23)CC1. The molecule has 1 spiro atoms. The van der Waals surface area contributed by atoms with Crippen LogP contribution in [0.5, 0.6) is 0 Å². The van der Waals surface area contributed by atoms with E-state index in [0.29, 0.717) is 17.6 Å². The Hall–Kier alpha value is -0.0951. The number of hydrogen-bond donors (Lipinski definition) is 3. The van der Waals surface area contributed by atoms with Gasteiger partial charge in [-0.1, -0.05) is 62.4 Å². The Morgan fingerprint density at radius 3 is 1.91 bits per heavy atom. The van der Waals surface area contributed by atoms with Crippen LogP contribution in [0.3, 0.4) is 0 Å². The number of ether oxygens (including phenoxy) is 1. The second-order valence-corrected chi connectivity index (χ2v) is 13.2. The fraction of sp³-hybridized carbons (Fsp3) is 1.00. The third-order valence-corrected chi connectivity index (χ3v) is 12.3. The lowest BCUT2D eigenvalue weighted by Gasteiger charge is -2.71. The highest BCUT2D eigenvalue weighted by Gasteiger charge is 2.69. The summed E-state index contributed by atoms with van der Waals surface area (Å²) in [4.78, 5) is 0. The first-order valence-corrected chi connectivity index (χ1v) is 15.2. The van der Waals surface area contributed by atoms with E-state index in [2.05, 4.69) is 16.0 Å². The van der Waals surface area contributed by atoms with Gasteiger partial charge in [0.25, 0.3) is 0 Å². The molecule has 8 unspecified atom stereocenters. The van der Waals surface area contributed by atoms with Gasteiger partial charge in [-0.15, -0.1) is 0 Å². The van der Waals surface area contributed by atoms with E-state index in [1.54, 1.807) is 0 Å². The van der Waals surface area contributed by atoms with Crippen LogP contribution in [-0.2, 0) is 4.74 Å². The molecule has 3 N–H and O–H groups in total. The maximum absolute atomic E-state index is 7.02. The predicted molar refractivity (Wildman–Crippen MR) is 136 cm³/mol. The van der Waals surface area contributed by atoms with Crippen molar-refractivity contribution in [3.63, 3.8) is 0 Å². The summed E-state index contributed by atoms with van der Waals surface area (Å²) >= 11 is 0.